The zero-order valence-corrected chi connectivity index (χ0v) is 22.2. The summed E-state index contributed by atoms with van der Waals surface area (Å²) in [6.07, 6.45) is -1.23. The van der Waals surface area contributed by atoms with Crippen LogP contribution >= 0.6 is 11.6 Å². The second-order valence-electron chi connectivity index (χ2n) is 9.43. The minimum Gasteiger partial charge on any atom is -0.377 e. The summed E-state index contributed by atoms with van der Waals surface area (Å²) in [5.41, 5.74) is 0.759. The summed E-state index contributed by atoms with van der Waals surface area (Å²) in [4.78, 5) is 2.10. The second-order valence-corrected chi connectivity index (χ2v) is 11.8. The fourth-order valence-corrected chi connectivity index (χ4v) is 5.74. The van der Waals surface area contributed by atoms with Crippen molar-refractivity contribution in [1.29, 1.82) is 0 Å². The van der Waals surface area contributed by atoms with Gasteiger partial charge < -0.3 is 4.74 Å². The molecule has 5 nitrogen and oxygen atoms in total. The highest BCUT2D eigenvalue weighted by Crippen LogP contribution is 2.36. The number of hydrogen-bond acceptors (Lipinski definition) is 4. The minimum absolute atomic E-state index is 0.150. The molecule has 0 amide bonds. The number of nitrogens with zero attached hydrogens (tertiary/aromatic N) is 2. The zero-order chi connectivity index (χ0) is 26.3. The van der Waals surface area contributed by atoms with Crippen LogP contribution in [0.5, 0.6) is 0 Å². The van der Waals surface area contributed by atoms with E-state index >= 15 is 0 Å². The third-order valence-electron chi connectivity index (χ3n) is 6.46. The van der Waals surface area contributed by atoms with Gasteiger partial charge >= 0.3 is 6.18 Å². The van der Waals surface area contributed by atoms with Crippen LogP contribution in [0.3, 0.4) is 0 Å². The van der Waals surface area contributed by atoms with Gasteiger partial charge in [-0.1, -0.05) is 61.0 Å². The van der Waals surface area contributed by atoms with Crippen molar-refractivity contribution in [3.63, 3.8) is 0 Å². The van der Waals surface area contributed by atoms with Gasteiger partial charge in [0.05, 0.1) is 22.9 Å². The van der Waals surface area contributed by atoms with Crippen LogP contribution in [-0.2, 0) is 27.5 Å². The number of sulfonamides is 1. The Labute approximate surface area is 217 Å². The average molecular weight is 547 g/mol. The van der Waals surface area contributed by atoms with Crippen molar-refractivity contribution < 1.29 is 26.3 Å². The zero-order valence-electron chi connectivity index (χ0n) is 20.7. The van der Waals surface area contributed by atoms with E-state index < -0.39 is 21.8 Å². The molecule has 3 rings (SSSR count). The van der Waals surface area contributed by atoms with Crippen LogP contribution in [0.4, 0.5) is 13.2 Å². The van der Waals surface area contributed by atoms with Gasteiger partial charge in [0, 0.05) is 39.3 Å². The number of halogens is 4. The highest BCUT2D eigenvalue weighted by Gasteiger charge is 2.34. The van der Waals surface area contributed by atoms with E-state index in [-0.39, 0.29) is 23.6 Å². The molecule has 2 atom stereocenters. The molecule has 1 aliphatic rings. The summed E-state index contributed by atoms with van der Waals surface area (Å²) in [6.45, 7) is 4.93. The standard InChI is InChI=1S/C26H34ClF3N2O3S/c1-20(21-9-4-3-5-10-21)17-31(18-22-11-6-13-24(25(22)27)26(28,29)30)14-8-16-35-23-12-7-15-32(19-23)36(2,33)34/h3-6,9-11,13,20,23H,7-8,12,14-19H2,1-2H3. The first-order valence-corrected chi connectivity index (χ1v) is 14.4. The molecular formula is C26H34ClF3N2O3S. The smallest absolute Gasteiger partial charge is 0.377 e. The Kier molecular flexibility index (Phi) is 10.2. The Morgan fingerprint density at radius 1 is 1.17 bits per heavy atom. The number of alkyl halides is 3. The summed E-state index contributed by atoms with van der Waals surface area (Å²) >= 11 is 6.18. The van der Waals surface area contributed by atoms with Gasteiger partial charge in [-0.2, -0.15) is 17.5 Å². The molecule has 1 saturated heterocycles. The first-order chi connectivity index (χ1) is 16.9. The molecule has 1 heterocycles. The molecular weight excluding hydrogens is 513 g/mol. The van der Waals surface area contributed by atoms with Gasteiger partial charge in [0.1, 0.15) is 0 Å². The first-order valence-electron chi connectivity index (χ1n) is 12.1. The van der Waals surface area contributed by atoms with E-state index in [9.17, 15) is 21.6 Å². The number of piperidine rings is 1. The van der Waals surface area contributed by atoms with Crippen LogP contribution in [0.25, 0.3) is 0 Å². The summed E-state index contributed by atoms with van der Waals surface area (Å²) in [5, 5.41) is -0.262. The summed E-state index contributed by atoms with van der Waals surface area (Å²) in [5.74, 6) is 0.165. The van der Waals surface area contributed by atoms with Gasteiger partial charge in [-0.3, -0.25) is 4.90 Å². The lowest BCUT2D eigenvalue weighted by Gasteiger charge is -2.31. The second kappa shape index (κ2) is 12.7. The van der Waals surface area contributed by atoms with Crippen LogP contribution in [0.15, 0.2) is 48.5 Å². The molecule has 0 bridgehead atoms. The molecule has 2 unspecified atom stereocenters. The van der Waals surface area contributed by atoms with E-state index in [1.807, 2.05) is 30.3 Å². The molecule has 0 spiro atoms. The van der Waals surface area contributed by atoms with Crippen molar-refractivity contribution in [1.82, 2.24) is 9.21 Å². The van der Waals surface area contributed by atoms with Crippen molar-refractivity contribution in [2.45, 2.75) is 50.9 Å². The monoisotopic (exact) mass is 546 g/mol. The molecule has 200 valence electrons. The molecule has 0 N–H and O–H groups in total. The molecule has 1 aliphatic heterocycles. The Balaban J connectivity index is 1.64. The van der Waals surface area contributed by atoms with Crippen LogP contribution in [-0.4, -0.2) is 62.8 Å². The summed E-state index contributed by atoms with van der Waals surface area (Å²) < 4.78 is 71.2. The molecule has 0 saturated carbocycles. The number of ether oxygens (including phenoxy) is 1. The lowest BCUT2D eigenvalue weighted by Crippen LogP contribution is -2.42. The fourth-order valence-electron chi connectivity index (χ4n) is 4.55. The van der Waals surface area contributed by atoms with E-state index in [4.69, 9.17) is 16.3 Å². The van der Waals surface area contributed by atoms with Crippen LogP contribution in [0, 0.1) is 0 Å². The molecule has 1 fully saturated rings. The van der Waals surface area contributed by atoms with Crippen molar-refractivity contribution in [3.8, 4) is 0 Å². The third-order valence-corrected chi connectivity index (χ3v) is 8.18. The molecule has 10 heteroatoms. The predicted molar refractivity (Wildman–Crippen MR) is 137 cm³/mol. The molecule has 0 radical (unpaired) electrons. The van der Waals surface area contributed by atoms with Crippen molar-refractivity contribution >= 4 is 21.6 Å². The van der Waals surface area contributed by atoms with Gasteiger partial charge in [-0.15, -0.1) is 0 Å². The van der Waals surface area contributed by atoms with Crippen molar-refractivity contribution in [2.75, 3.05) is 39.0 Å². The third kappa shape index (κ3) is 8.45. The lowest BCUT2D eigenvalue weighted by atomic mass is 10.00. The van der Waals surface area contributed by atoms with Gasteiger partial charge in [0.25, 0.3) is 0 Å². The highest BCUT2D eigenvalue weighted by molar-refractivity contribution is 7.88. The first kappa shape index (κ1) is 28.9. The van der Waals surface area contributed by atoms with Gasteiger partial charge in [-0.05, 0) is 42.4 Å². The maximum absolute atomic E-state index is 13.4. The fraction of sp³-hybridized carbons (Fsp3) is 0.538. The topological polar surface area (TPSA) is 49.9 Å². The highest BCUT2D eigenvalue weighted by atomic mass is 35.5. The Hall–Kier alpha value is -1.65. The maximum Gasteiger partial charge on any atom is 0.417 e. The van der Waals surface area contributed by atoms with Crippen molar-refractivity contribution in [3.05, 3.63) is 70.2 Å². The predicted octanol–water partition coefficient (Wildman–Crippen LogP) is 5.80. The molecule has 2 aromatic carbocycles. The number of benzene rings is 2. The Bertz CT molecular complexity index is 1080. The number of rotatable bonds is 11. The Morgan fingerprint density at radius 3 is 2.56 bits per heavy atom. The minimum atomic E-state index is -4.51. The van der Waals surface area contributed by atoms with Crippen LogP contribution in [0.2, 0.25) is 5.02 Å². The lowest BCUT2D eigenvalue weighted by molar-refractivity contribution is -0.137. The average Bonchev–Trinajstić information content (AvgIpc) is 2.82. The van der Waals surface area contributed by atoms with E-state index in [1.54, 1.807) is 6.07 Å². The summed E-state index contributed by atoms with van der Waals surface area (Å²) in [6, 6.07) is 14.0. The normalized spacial score (nSPS) is 18.5. The SMILES string of the molecule is CC(CN(CCCOC1CCCN(S(C)(=O)=O)C1)Cc1cccc(C(F)(F)F)c1Cl)c1ccccc1. The van der Waals surface area contributed by atoms with E-state index in [1.165, 1.54) is 16.6 Å². The van der Waals surface area contributed by atoms with Gasteiger partial charge in [0.15, 0.2) is 0 Å². The summed E-state index contributed by atoms with van der Waals surface area (Å²) in [7, 11) is -3.24. The van der Waals surface area contributed by atoms with Gasteiger partial charge in [0.2, 0.25) is 10.0 Å². The van der Waals surface area contributed by atoms with Crippen molar-refractivity contribution in [2.24, 2.45) is 0 Å². The Morgan fingerprint density at radius 2 is 1.89 bits per heavy atom. The van der Waals surface area contributed by atoms with E-state index in [0.29, 0.717) is 44.8 Å². The van der Waals surface area contributed by atoms with E-state index in [0.717, 1.165) is 24.5 Å². The quantitative estimate of drug-likeness (QED) is 0.334. The van der Waals surface area contributed by atoms with Crippen LogP contribution < -0.4 is 0 Å². The largest absolute Gasteiger partial charge is 0.417 e. The number of hydrogen-bond donors (Lipinski definition) is 0. The van der Waals surface area contributed by atoms with Crippen LogP contribution in [0.1, 0.15) is 48.8 Å². The van der Waals surface area contributed by atoms with E-state index in [2.05, 4.69) is 11.8 Å². The molecule has 2 aromatic rings. The van der Waals surface area contributed by atoms with Gasteiger partial charge in [-0.25, -0.2) is 8.42 Å². The maximum atomic E-state index is 13.4. The molecule has 0 aromatic heterocycles. The molecule has 36 heavy (non-hydrogen) atoms. The molecule has 0 aliphatic carbocycles.